The first-order valence-electron chi connectivity index (χ1n) is 11.4. The van der Waals surface area contributed by atoms with Gasteiger partial charge < -0.3 is 10.6 Å². The lowest BCUT2D eigenvalue weighted by Gasteiger charge is -2.19. The Bertz CT molecular complexity index is 1260. The van der Waals surface area contributed by atoms with Gasteiger partial charge in [0.05, 0.1) is 22.3 Å². The maximum absolute atomic E-state index is 13.1. The zero-order valence-electron chi connectivity index (χ0n) is 18.9. The van der Waals surface area contributed by atoms with Crippen molar-refractivity contribution < 1.29 is 19.3 Å². The summed E-state index contributed by atoms with van der Waals surface area (Å²) in [4.78, 5) is 50.9. The van der Waals surface area contributed by atoms with Gasteiger partial charge >= 0.3 is 0 Å². The predicted molar refractivity (Wildman–Crippen MR) is 130 cm³/mol. The Hall–Kier alpha value is -3.72. The number of anilines is 2. The predicted octanol–water partition coefficient (Wildman–Crippen LogP) is 4.03. The molecule has 2 aromatic carbocycles. The summed E-state index contributed by atoms with van der Waals surface area (Å²) in [5.74, 6) is -1.09. The summed E-state index contributed by atoms with van der Waals surface area (Å²) in [5.41, 5.74) is 1.46. The second kappa shape index (κ2) is 8.81. The fraction of sp³-hybridized carbons (Fsp3) is 0.320. The molecule has 180 valence electrons. The topological polar surface area (TPSA) is 122 Å². The van der Waals surface area contributed by atoms with Crippen molar-refractivity contribution in [3.63, 3.8) is 0 Å². The Morgan fingerprint density at radius 3 is 2.43 bits per heavy atom. The molecule has 0 spiro atoms. The molecule has 9 nitrogen and oxygen atoms in total. The molecule has 10 heteroatoms. The van der Waals surface area contributed by atoms with E-state index in [0.717, 1.165) is 12.0 Å². The lowest BCUT2D eigenvalue weighted by atomic mass is 9.85. The number of hydrogen-bond donors (Lipinski definition) is 2. The lowest BCUT2D eigenvalue weighted by molar-refractivity contribution is -0.384. The highest BCUT2D eigenvalue weighted by Crippen LogP contribution is 2.52. The maximum Gasteiger partial charge on any atom is 0.270 e. The van der Waals surface area contributed by atoms with Crippen molar-refractivity contribution in [2.75, 3.05) is 23.7 Å². The fourth-order valence-corrected chi connectivity index (χ4v) is 5.57. The number of carbonyl (C=O) groups excluding carboxylic acids is 3. The van der Waals surface area contributed by atoms with Crippen LogP contribution in [0, 0.1) is 40.7 Å². The van der Waals surface area contributed by atoms with Crippen LogP contribution in [0.5, 0.6) is 0 Å². The van der Waals surface area contributed by atoms with E-state index in [9.17, 15) is 24.5 Å². The van der Waals surface area contributed by atoms with Crippen molar-refractivity contribution in [1.82, 2.24) is 4.90 Å². The Morgan fingerprint density at radius 1 is 1.09 bits per heavy atom. The maximum atomic E-state index is 13.1. The molecule has 0 aromatic heterocycles. The first kappa shape index (κ1) is 23.0. The fourth-order valence-electron chi connectivity index (χ4n) is 5.39. The number of fused-ring (bicyclic) bond motifs is 5. The van der Waals surface area contributed by atoms with Gasteiger partial charge in [0.15, 0.2) is 0 Å². The van der Waals surface area contributed by atoms with Gasteiger partial charge in [0.25, 0.3) is 11.6 Å². The van der Waals surface area contributed by atoms with Gasteiger partial charge in [-0.25, -0.2) is 0 Å². The van der Waals surface area contributed by atoms with E-state index in [2.05, 4.69) is 10.6 Å². The van der Waals surface area contributed by atoms with E-state index in [0.29, 0.717) is 16.4 Å². The molecular weight excluding hydrogens is 472 g/mol. The molecule has 3 aliphatic rings. The number of nitrogens with one attached hydrogen (secondary N) is 2. The number of likely N-dealkylation sites (tertiary alicyclic amines) is 1. The summed E-state index contributed by atoms with van der Waals surface area (Å²) in [6.45, 7) is 2.16. The number of benzene rings is 2. The van der Waals surface area contributed by atoms with Gasteiger partial charge in [-0.3, -0.25) is 29.4 Å². The van der Waals surface area contributed by atoms with E-state index in [4.69, 9.17) is 11.6 Å². The minimum atomic E-state index is -0.576. The highest BCUT2D eigenvalue weighted by molar-refractivity contribution is 6.31. The Balaban J connectivity index is 1.31. The number of allylic oxidation sites excluding steroid dienone is 2. The number of nitrogens with zero attached hydrogens (tertiary/aromatic N) is 2. The molecule has 2 bridgehead atoms. The number of hydrogen-bond acceptors (Lipinski definition) is 6. The van der Waals surface area contributed by atoms with Crippen LogP contribution in [0.2, 0.25) is 5.02 Å². The van der Waals surface area contributed by atoms with E-state index < -0.39 is 10.8 Å². The summed E-state index contributed by atoms with van der Waals surface area (Å²) in [6.07, 6.45) is 4.95. The molecule has 1 saturated heterocycles. The van der Waals surface area contributed by atoms with Gasteiger partial charge in [-0.2, -0.15) is 0 Å². The van der Waals surface area contributed by atoms with Crippen LogP contribution in [0.1, 0.15) is 22.3 Å². The van der Waals surface area contributed by atoms with Crippen LogP contribution in [-0.2, 0) is 9.59 Å². The third-order valence-corrected chi connectivity index (χ3v) is 7.35. The molecule has 5 rings (SSSR count). The molecule has 2 fully saturated rings. The smallest absolute Gasteiger partial charge is 0.270 e. The second-order valence-electron chi connectivity index (χ2n) is 9.16. The molecule has 1 saturated carbocycles. The highest BCUT2D eigenvalue weighted by atomic mass is 35.5. The number of rotatable bonds is 7. The number of nitro benzene ring substituents is 1. The lowest BCUT2D eigenvalue weighted by Crippen LogP contribution is -2.36. The van der Waals surface area contributed by atoms with Crippen molar-refractivity contribution in [3.05, 3.63) is 74.8 Å². The number of amides is 3. The van der Waals surface area contributed by atoms with Crippen LogP contribution in [0.4, 0.5) is 17.1 Å². The first-order chi connectivity index (χ1) is 16.7. The Morgan fingerprint density at radius 2 is 1.77 bits per heavy atom. The zero-order chi connectivity index (χ0) is 24.9. The van der Waals surface area contributed by atoms with Gasteiger partial charge in [0.1, 0.15) is 0 Å². The van der Waals surface area contributed by atoms with Crippen LogP contribution < -0.4 is 10.6 Å². The minimum Gasteiger partial charge on any atom is -0.383 e. The van der Waals surface area contributed by atoms with Crippen molar-refractivity contribution >= 4 is 46.4 Å². The molecule has 1 aliphatic heterocycles. The monoisotopic (exact) mass is 494 g/mol. The highest BCUT2D eigenvalue weighted by Gasteiger charge is 2.58. The summed E-state index contributed by atoms with van der Waals surface area (Å²) in [6, 6.07) is 8.99. The summed E-state index contributed by atoms with van der Waals surface area (Å²) >= 11 is 6.04. The van der Waals surface area contributed by atoms with E-state index in [-0.39, 0.29) is 59.8 Å². The number of aryl methyl sites for hydroxylation is 1. The number of halogens is 1. The van der Waals surface area contributed by atoms with Crippen molar-refractivity contribution in [3.8, 4) is 0 Å². The van der Waals surface area contributed by atoms with Gasteiger partial charge in [0.2, 0.25) is 11.8 Å². The van der Waals surface area contributed by atoms with Gasteiger partial charge in [0, 0.05) is 41.6 Å². The molecular formula is C25H23ClN4O5. The van der Waals surface area contributed by atoms with E-state index in [1.807, 2.05) is 12.2 Å². The Labute approximate surface area is 206 Å². The third-order valence-electron chi connectivity index (χ3n) is 7.12. The second-order valence-corrected chi connectivity index (χ2v) is 9.59. The van der Waals surface area contributed by atoms with Crippen molar-refractivity contribution in [2.24, 2.45) is 23.7 Å². The van der Waals surface area contributed by atoms with E-state index in [1.165, 1.54) is 23.1 Å². The van der Waals surface area contributed by atoms with E-state index >= 15 is 0 Å². The zero-order valence-corrected chi connectivity index (χ0v) is 19.6. The van der Waals surface area contributed by atoms with Gasteiger partial charge in [-0.1, -0.05) is 29.8 Å². The summed E-state index contributed by atoms with van der Waals surface area (Å²) < 4.78 is 0. The number of carbonyl (C=O) groups is 3. The van der Waals surface area contributed by atoms with Crippen LogP contribution in [-0.4, -0.2) is 40.6 Å². The van der Waals surface area contributed by atoms with Crippen LogP contribution in [0.15, 0.2) is 48.6 Å². The summed E-state index contributed by atoms with van der Waals surface area (Å²) in [5, 5.41) is 17.6. The Kier molecular flexibility index (Phi) is 5.80. The average Bonchev–Trinajstić information content (AvgIpc) is 3.51. The number of imide groups is 1. The largest absolute Gasteiger partial charge is 0.383 e. The molecule has 2 aliphatic carbocycles. The van der Waals surface area contributed by atoms with Crippen molar-refractivity contribution in [2.45, 2.75) is 13.3 Å². The number of non-ortho nitro benzene ring substituents is 1. The minimum absolute atomic E-state index is 0.0664. The molecule has 4 atom stereocenters. The molecule has 2 N–H and O–H groups in total. The number of nitro groups is 1. The van der Waals surface area contributed by atoms with Crippen LogP contribution in [0.25, 0.3) is 0 Å². The molecule has 3 amide bonds. The molecule has 35 heavy (non-hydrogen) atoms. The molecule has 1 heterocycles. The van der Waals surface area contributed by atoms with Gasteiger partial charge in [-0.05, 0) is 48.9 Å². The van der Waals surface area contributed by atoms with Gasteiger partial charge in [-0.15, -0.1) is 0 Å². The summed E-state index contributed by atoms with van der Waals surface area (Å²) in [7, 11) is 0. The normalized spacial score (nSPS) is 24.1. The third kappa shape index (κ3) is 4.05. The first-order valence-corrected chi connectivity index (χ1v) is 11.8. The van der Waals surface area contributed by atoms with E-state index in [1.54, 1.807) is 25.1 Å². The SMILES string of the molecule is Cc1ccc(Cl)cc1NC(=O)c1cc([N+](=O)[O-])ccc1NCCN1C(=O)[C@@H]2[C@H](C1=O)[C@H]1C=C[C@H]2C1. The average molecular weight is 495 g/mol. The quantitative estimate of drug-likeness (QED) is 0.259. The van der Waals surface area contributed by atoms with Crippen molar-refractivity contribution in [1.29, 1.82) is 0 Å². The molecule has 0 radical (unpaired) electrons. The molecule has 2 aromatic rings. The van der Waals surface area contributed by atoms with Crippen LogP contribution >= 0.6 is 11.6 Å². The molecule has 0 unspecified atom stereocenters. The standard InChI is InChI=1S/C25H23ClN4O5/c1-13-2-5-16(26)11-20(13)28-23(31)18-12-17(30(34)35)6-7-19(18)27-8-9-29-24(32)21-14-3-4-15(10-14)22(21)25(29)33/h2-7,11-12,14-15,21-22,27H,8-10H2,1H3,(H,28,31)/t14-,15-,21-,22+/m0/s1. The van der Waals surface area contributed by atoms with Crippen LogP contribution in [0.3, 0.4) is 0 Å².